The average Bonchev–Trinajstić information content (AvgIpc) is 2.48. The molecule has 0 amide bonds. The van der Waals surface area contributed by atoms with Crippen LogP contribution in [0.1, 0.15) is 10.4 Å². The molecule has 1 aromatic carbocycles. The number of carboxylic acids is 1. The molecule has 0 spiro atoms. The number of benzene rings is 1. The first-order valence-electron chi connectivity index (χ1n) is 3.59. The lowest BCUT2D eigenvalue weighted by Crippen LogP contribution is -1.95. The van der Waals surface area contributed by atoms with E-state index in [9.17, 15) is 4.79 Å². The molecule has 1 aromatic heterocycles. The van der Waals surface area contributed by atoms with Crippen molar-refractivity contribution in [3.8, 4) is 0 Å². The van der Waals surface area contributed by atoms with Crippen LogP contribution in [0.3, 0.4) is 0 Å². The molecule has 13 heavy (non-hydrogen) atoms. The van der Waals surface area contributed by atoms with Crippen molar-refractivity contribution in [2.24, 2.45) is 0 Å². The molecule has 2 rings (SSSR count). The Morgan fingerprint density at radius 3 is 2.92 bits per heavy atom. The Bertz CT molecular complexity index is 473. The van der Waals surface area contributed by atoms with Crippen LogP contribution in [0, 0.1) is 0 Å². The number of halogens is 1. The molecule has 66 valence electrons. The highest BCUT2D eigenvalue weighted by Gasteiger charge is 2.12. The van der Waals surface area contributed by atoms with E-state index >= 15 is 0 Å². The second-order valence-corrected chi connectivity index (χ2v) is 3.43. The van der Waals surface area contributed by atoms with E-state index in [1.807, 2.05) is 0 Å². The molecule has 1 N–H and O–H groups in total. The van der Waals surface area contributed by atoms with Gasteiger partial charge in [-0.25, -0.2) is 4.79 Å². The van der Waals surface area contributed by atoms with Crippen molar-refractivity contribution in [2.45, 2.75) is 0 Å². The second-order valence-electron chi connectivity index (χ2n) is 2.57. The monoisotopic (exact) mass is 240 g/mol. The summed E-state index contributed by atoms with van der Waals surface area (Å²) < 4.78 is 5.88. The van der Waals surface area contributed by atoms with Crippen LogP contribution >= 0.6 is 15.9 Å². The average molecular weight is 241 g/mol. The molecule has 1 heterocycles. The maximum atomic E-state index is 10.7. The molecule has 0 aliphatic heterocycles. The lowest BCUT2D eigenvalue weighted by atomic mass is 10.1. The number of rotatable bonds is 1. The predicted octanol–water partition coefficient (Wildman–Crippen LogP) is 2.89. The van der Waals surface area contributed by atoms with E-state index < -0.39 is 5.97 Å². The van der Waals surface area contributed by atoms with Crippen molar-refractivity contribution < 1.29 is 14.3 Å². The van der Waals surface area contributed by atoms with E-state index in [0.29, 0.717) is 5.58 Å². The van der Waals surface area contributed by atoms with Gasteiger partial charge in [0.05, 0.1) is 4.47 Å². The predicted molar refractivity (Wildman–Crippen MR) is 50.9 cm³/mol. The van der Waals surface area contributed by atoms with Gasteiger partial charge in [0, 0.05) is 5.39 Å². The molecule has 0 unspecified atom stereocenters. The summed E-state index contributed by atoms with van der Waals surface area (Å²) in [6.07, 6.45) is 1.48. The van der Waals surface area contributed by atoms with Crippen molar-refractivity contribution in [1.29, 1.82) is 0 Å². The van der Waals surface area contributed by atoms with Gasteiger partial charge in [-0.3, -0.25) is 0 Å². The highest BCUT2D eigenvalue weighted by atomic mass is 79.9. The third-order valence-electron chi connectivity index (χ3n) is 1.78. The Labute approximate surface area is 82.1 Å². The Kier molecular flexibility index (Phi) is 1.84. The van der Waals surface area contributed by atoms with Gasteiger partial charge in [-0.1, -0.05) is 6.07 Å². The van der Waals surface area contributed by atoms with Crippen LogP contribution < -0.4 is 0 Å². The van der Waals surface area contributed by atoms with Crippen LogP contribution in [0.5, 0.6) is 0 Å². The molecule has 0 atom stereocenters. The smallest absolute Gasteiger partial charge is 0.339 e. The fourth-order valence-corrected chi connectivity index (χ4v) is 1.60. The Morgan fingerprint density at radius 2 is 2.23 bits per heavy atom. The molecule has 4 heteroatoms. The van der Waals surface area contributed by atoms with Gasteiger partial charge in [0.1, 0.15) is 17.4 Å². The van der Waals surface area contributed by atoms with Crippen LogP contribution in [0.15, 0.2) is 33.4 Å². The Hall–Kier alpha value is -1.29. The normalized spacial score (nSPS) is 10.5. The SMILES string of the molecule is O=C(O)c1cccc2c(Br)coc12. The topological polar surface area (TPSA) is 50.4 Å². The van der Waals surface area contributed by atoms with E-state index in [0.717, 1.165) is 9.86 Å². The summed E-state index contributed by atoms with van der Waals surface area (Å²) in [7, 11) is 0. The van der Waals surface area contributed by atoms with Gasteiger partial charge in [0.25, 0.3) is 0 Å². The minimum absolute atomic E-state index is 0.184. The molecule has 0 radical (unpaired) electrons. The number of fused-ring (bicyclic) bond motifs is 1. The van der Waals surface area contributed by atoms with Crippen LogP contribution in [-0.4, -0.2) is 11.1 Å². The third-order valence-corrected chi connectivity index (χ3v) is 2.40. The summed E-state index contributed by atoms with van der Waals surface area (Å²) in [6, 6.07) is 5.00. The number of hydrogen-bond donors (Lipinski definition) is 1. The fourth-order valence-electron chi connectivity index (χ4n) is 1.19. The fraction of sp³-hybridized carbons (Fsp3) is 0. The number of para-hydroxylation sites is 1. The standard InChI is InChI=1S/C9H5BrO3/c10-7-4-13-8-5(7)2-1-3-6(8)9(11)12/h1-4H,(H,11,12). The Morgan fingerprint density at radius 1 is 1.46 bits per heavy atom. The summed E-state index contributed by atoms with van der Waals surface area (Å²) in [5.41, 5.74) is 0.588. The molecule has 0 saturated heterocycles. The summed E-state index contributed by atoms with van der Waals surface area (Å²) in [4.78, 5) is 10.7. The van der Waals surface area contributed by atoms with E-state index in [-0.39, 0.29) is 5.56 Å². The first-order chi connectivity index (χ1) is 6.20. The highest BCUT2D eigenvalue weighted by molar-refractivity contribution is 9.10. The van der Waals surface area contributed by atoms with Crippen molar-refractivity contribution in [1.82, 2.24) is 0 Å². The first-order valence-corrected chi connectivity index (χ1v) is 4.38. The first kappa shape index (κ1) is 8.31. The second kappa shape index (κ2) is 2.88. The zero-order valence-electron chi connectivity index (χ0n) is 6.45. The number of carbonyl (C=O) groups is 1. The molecule has 0 fully saturated rings. The summed E-state index contributed by atoms with van der Waals surface area (Å²) >= 11 is 3.26. The molecule has 0 saturated carbocycles. The Balaban J connectivity index is 2.84. The lowest BCUT2D eigenvalue weighted by molar-refractivity contribution is 0.0698. The van der Waals surface area contributed by atoms with E-state index in [4.69, 9.17) is 9.52 Å². The highest BCUT2D eigenvalue weighted by Crippen LogP contribution is 2.28. The lowest BCUT2D eigenvalue weighted by Gasteiger charge is -1.94. The molecule has 0 aliphatic carbocycles. The zero-order valence-corrected chi connectivity index (χ0v) is 8.04. The summed E-state index contributed by atoms with van der Waals surface area (Å²) in [6.45, 7) is 0. The van der Waals surface area contributed by atoms with Crippen LogP contribution in [0.4, 0.5) is 0 Å². The molecule has 3 nitrogen and oxygen atoms in total. The molecular weight excluding hydrogens is 236 g/mol. The largest absolute Gasteiger partial charge is 0.478 e. The number of furan rings is 1. The van der Waals surface area contributed by atoms with Gasteiger partial charge >= 0.3 is 5.97 Å². The molecule has 2 aromatic rings. The van der Waals surface area contributed by atoms with Crippen molar-refractivity contribution >= 4 is 32.9 Å². The molecular formula is C9H5BrO3. The van der Waals surface area contributed by atoms with Crippen LogP contribution in [0.2, 0.25) is 0 Å². The van der Waals surface area contributed by atoms with Gasteiger partial charge in [-0.2, -0.15) is 0 Å². The van der Waals surface area contributed by atoms with E-state index in [1.54, 1.807) is 12.1 Å². The summed E-state index contributed by atoms with van der Waals surface area (Å²) in [5, 5.41) is 9.59. The quantitative estimate of drug-likeness (QED) is 0.834. The molecule has 0 bridgehead atoms. The maximum absolute atomic E-state index is 10.7. The zero-order chi connectivity index (χ0) is 9.42. The van der Waals surface area contributed by atoms with E-state index in [2.05, 4.69) is 15.9 Å². The maximum Gasteiger partial charge on any atom is 0.339 e. The van der Waals surface area contributed by atoms with Gasteiger partial charge in [0.2, 0.25) is 0 Å². The minimum Gasteiger partial charge on any atom is -0.478 e. The van der Waals surface area contributed by atoms with Crippen LogP contribution in [0.25, 0.3) is 11.0 Å². The molecule has 0 aliphatic rings. The number of aromatic carboxylic acids is 1. The van der Waals surface area contributed by atoms with Gasteiger partial charge in [-0.15, -0.1) is 0 Å². The van der Waals surface area contributed by atoms with Crippen LogP contribution in [-0.2, 0) is 0 Å². The van der Waals surface area contributed by atoms with Crippen molar-refractivity contribution in [2.75, 3.05) is 0 Å². The van der Waals surface area contributed by atoms with Crippen molar-refractivity contribution in [3.05, 3.63) is 34.5 Å². The number of hydrogen-bond acceptors (Lipinski definition) is 2. The minimum atomic E-state index is -0.979. The van der Waals surface area contributed by atoms with Gasteiger partial charge < -0.3 is 9.52 Å². The van der Waals surface area contributed by atoms with E-state index in [1.165, 1.54) is 12.3 Å². The number of carboxylic acid groups (broad SMARTS) is 1. The van der Waals surface area contributed by atoms with Crippen molar-refractivity contribution in [3.63, 3.8) is 0 Å². The van der Waals surface area contributed by atoms with Gasteiger partial charge in [0.15, 0.2) is 0 Å². The third kappa shape index (κ3) is 1.23. The summed E-state index contributed by atoms with van der Waals surface area (Å²) in [5.74, 6) is -0.979. The van der Waals surface area contributed by atoms with Gasteiger partial charge in [-0.05, 0) is 28.1 Å².